The molecule has 0 amide bonds. The quantitative estimate of drug-likeness (QED) is 0.149. The van der Waals surface area contributed by atoms with E-state index in [0.717, 1.165) is 40.3 Å². The molecule has 0 atom stereocenters. The minimum Gasteiger partial charge on any atom is -0.427 e. The first kappa shape index (κ1) is 24.2. The largest absolute Gasteiger partial charge is 0.427 e. The Hall–Kier alpha value is -2.46. The summed E-state index contributed by atoms with van der Waals surface area (Å²) in [5.41, 5.74) is 3.65. The highest BCUT2D eigenvalue weighted by Gasteiger charge is 2.09. The van der Waals surface area contributed by atoms with E-state index in [9.17, 15) is 4.79 Å². The van der Waals surface area contributed by atoms with Crippen LogP contribution in [0.25, 0.3) is 21.0 Å². The molecule has 32 heavy (non-hydrogen) atoms. The average Bonchev–Trinajstić information content (AvgIpc) is 3.31. The summed E-state index contributed by atoms with van der Waals surface area (Å²) in [6, 6.07) is 16.5. The first-order valence-electron chi connectivity index (χ1n) is 12.1. The lowest BCUT2D eigenvalue weighted by atomic mass is 10.0. The summed E-state index contributed by atoms with van der Waals surface area (Å²) in [5, 5.41) is 1.03. The van der Waals surface area contributed by atoms with Gasteiger partial charge in [-0.15, -0.1) is 11.3 Å². The van der Waals surface area contributed by atoms with Crippen molar-refractivity contribution >= 4 is 17.3 Å². The molecule has 0 aliphatic heterocycles. The SMILES string of the molecule is CCCCCCC(=O)Oc1ccc(-c2cnc(-c3ccc(CCCCCC)cc3)s2)cc1. The molecule has 170 valence electrons. The molecule has 0 saturated heterocycles. The summed E-state index contributed by atoms with van der Waals surface area (Å²) in [7, 11) is 0. The number of aromatic nitrogens is 1. The molecule has 3 nitrogen and oxygen atoms in total. The van der Waals surface area contributed by atoms with E-state index in [1.165, 1.54) is 44.1 Å². The van der Waals surface area contributed by atoms with Gasteiger partial charge in [0.25, 0.3) is 0 Å². The second kappa shape index (κ2) is 13.2. The molecular weight excluding hydrogens is 414 g/mol. The van der Waals surface area contributed by atoms with Gasteiger partial charge in [-0.25, -0.2) is 4.98 Å². The van der Waals surface area contributed by atoms with Gasteiger partial charge in [-0.3, -0.25) is 4.79 Å². The Balaban J connectivity index is 1.54. The lowest BCUT2D eigenvalue weighted by molar-refractivity contribution is -0.134. The Bertz CT molecular complexity index is 944. The van der Waals surface area contributed by atoms with Gasteiger partial charge in [-0.1, -0.05) is 76.6 Å². The number of thiazole rings is 1. The number of esters is 1. The standard InChI is InChI=1S/C28H35NO2S/c1-3-5-7-9-11-22-13-15-24(16-14-22)28-29-21-26(32-28)23-17-19-25(20-18-23)31-27(30)12-10-8-6-4-2/h13-21H,3-12H2,1-2H3. The molecular formula is C28H35NO2S. The number of ether oxygens (including phenoxy) is 1. The summed E-state index contributed by atoms with van der Waals surface area (Å²) in [6.45, 7) is 4.41. The van der Waals surface area contributed by atoms with Crippen LogP contribution in [0.2, 0.25) is 0 Å². The highest BCUT2D eigenvalue weighted by molar-refractivity contribution is 7.18. The van der Waals surface area contributed by atoms with Gasteiger partial charge in [0.2, 0.25) is 0 Å². The van der Waals surface area contributed by atoms with Gasteiger partial charge >= 0.3 is 5.97 Å². The van der Waals surface area contributed by atoms with Crippen molar-refractivity contribution < 1.29 is 9.53 Å². The van der Waals surface area contributed by atoms with E-state index in [1.54, 1.807) is 11.3 Å². The third-order valence-corrected chi connectivity index (χ3v) is 6.73. The van der Waals surface area contributed by atoms with Gasteiger partial charge in [0, 0.05) is 18.2 Å². The Morgan fingerprint density at radius 2 is 1.47 bits per heavy atom. The zero-order valence-electron chi connectivity index (χ0n) is 19.4. The lowest BCUT2D eigenvalue weighted by Gasteiger charge is -2.05. The molecule has 0 unspecified atom stereocenters. The number of nitrogens with zero attached hydrogens (tertiary/aromatic N) is 1. The maximum atomic E-state index is 12.0. The first-order valence-corrected chi connectivity index (χ1v) is 12.9. The molecule has 0 saturated carbocycles. The van der Waals surface area contributed by atoms with Crippen molar-refractivity contribution in [2.45, 2.75) is 78.1 Å². The van der Waals surface area contributed by atoms with Crippen LogP contribution in [-0.4, -0.2) is 11.0 Å². The fourth-order valence-corrected chi connectivity index (χ4v) is 4.60. The first-order chi connectivity index (χ1) is 15.7. The summed E-state index contributed by atoms with van der Waals surface area (Å²) in [5.74, 6) is 0.455. The van der Waals surface area contributed by atoms with Crippen LogP contribution in [0.4, 0.5) is 0 Å². The summed E-state index contributed by atoms with van der Waals surface area (Å²) < 4.78 is 5.46. The van der Waals surface area contributed by atoms with E-state index in [2.05, 4.69) is 43.1 Å². The molecule has 3 aromatic rings. The number of benzene rings is 2. The van der Waals surface area contributed by atoms with E-state index >= 15 is 0 Å². The smallest absolute Gasteiger partial charge is 0.311 e. The highest BCUT2D eigenvalue weighted by atomic mass is 32.1. The predicted molar refractivity (Wildman–Crippen MR) is 135 cm³/mol. The van der Waals surface area contributed by atoms with Crippen LogP contribution in [0.5, 0.6) is 5.75 Å². The number of carbonyl (C=O) groups is 1. The third-order valence-electron chi connectivity index (χ3n) is 5.63. The number of unbranched alkanes of at least 4 members (excludes halogenated alkanes) is 6. The summed E-state index contributed by atoms with van der Waals surface area (Å²) >= 11 is 1.69. The Morgan fingerprint density at radius 1 is 0.812 bits per heavy atom. The molecule has 0 N–H and O–H groups in total. The van der Waals surface area contributed by atoms with Crippen LogP contribution in [0.3, 0.4) is 0 Å². The number of carbonyl (C=O) groups excluding carboxylic acids is 1. The molecule has 0 radical (unpaired) electrons. The maximum Gasteiger partial charge on any atom is 0.311 e. The van der Waals surface area contributed by atoms with Crippen molar-refractivity contribution in [3.05, 3.63) is 60.3 Å². The zero-order chi connectivity index (χ0) is 22.6. The predicted octanol–water partition coefficient (Wildman–Crippen LogP) is 8.48. The van der Waals surface area contributed by atoms with Crippen molar-refractivity contribution in [1.29, 1.82) is 0 Å². The van der Waals surface area contributed by atoms with Crippen molar-refractivity contribution in [1.82, 2.24) is 4.98 Å². The zero-order valence-corrected chi connectivity index (χ0v) is 20.3. The maximum absolute atomic E-state index is 12.0. The van der Waals surface area contributed by atoms with Gasteiger partial charge in [0.05, 0.1) is 4.88 Å². The highest BCUT2D eigenvalue weighted by Crippen LogP contribution is 2.33. The molecule has 1 heterocycles. The lowest BCUT2D eigenvalue weighted by Crippen LogP contribution is -2.07. The average molecular weight is 450 g/mol. The molecule has 4 heteroatoms. The molecule has 0 aliphatic rings. The van der Waals surface area contributed by atoms with Crippen LogP contribution >= 0.6 is 11.3 Å². The minimum absolute atomic E-state index is 0.150. The molecule has 0 fully saturated rings. The number of hydrogen-bond acceptors (Lipinski definition) is 4. The normalized spacial score (nSPS) is 10.9. The topological polar surface area (TPSA) is 39.2 Å². The van der Waals surface area contributed by atoms with E-state index < -0.39 is 0 Å². The van der Waals surface area contributed by atoms with Crippen LogP contribution in [-0.2, 0) is 11.2 Å². The molecule has 2 aromatic carbocycles. The van der Waals surface area contributed by atoms with Crippen LogP contribution < -0.4 is 4.74 Å². The number of hydrogen-bond donors (Lipinski definition) is 0. The fourth-order valence-electron chi connectivity index (χ4n) is 3.68. The number of rotatable bonds is 13. The number of aryl methyl sites for hydroxylation is 1. The molecule has 0 spiro atoms. The van der Waals surface area contributed by atoms with Crippen LogP contribution in [0.15, 0.2) is 54.7 Å². The van der Waals surface area contributed by atoms with Crippen LogP contribution in [0, 0.1) is 0 Å². The Labute approximate surface area is 196 Å². The van der Waals surface area contributed by atoms with E-state index in [0.29, 0.717) is 12.2 Å². The molecule has 3 rings (SSSR count). The van der Waals surface area contributed by atoms with Crippen molar-refractivity contribution in [3.8, 4) is 26.8 Å². The molecule has 1 aromatic heterocycles. The van der Waals surface area contributed by atoms with Crippen molar-refractivity contribution in [2.24, 2.45) is 0 Å². The Morgan fingerprint density at radius 3 is 2.16 bits per heavy atom. The second-order valence-corrected chi connectivity index (χ2v) is 9.38. The summed E-state index contributed by atoms with van der Waals surface area (Å²) in [6.07, 6.45) is 13.0. The van der Waals surface area contributed by atoms with E-state index in [-0.39, 0.29) is 5.97 Å². The van der Waals surface area contributed by atoms with Gasteiger partial charge in [0.1, 0.15) is 10.8 Å². The van der Waals surface area contributed by atoms with Crippen molar-refractivity contribution in [2.75, 3.05) is 0 Å². The monoisotopic (exact) mass is 449 g/mol. The molecule has 0 aliphatic carbocycles. The second-order valence-electron chi connectivity index (χ2n) is 8.35. The van der Waals surface area contributed by atoms with Crippen molar-refractivity contribution in [3.63, 3.8) is 0 Å². The van der Waals surface area contributed by atoms with Gasteiger partial charge in [0.15, 0.2) is 0 Å². The van der Waals surface area contributed by atoms with E-state index in [4.69, 9.17) is 4.74 Å². The molecule has 0 bridgehead atoms. The van der Waals surface area contributed by atoms with Gasteiger partial charge in [-0.2, -0.15) is 0 Å². The fraction of sp³-hybridized carbons (Fsp3) is 0.429. The van der Waals surface area contributed by atoms with E-state index in [1.807, 2.05) is 30.5 Å². The van der Waals surface area contributed by atoms with Gasteiger partial charge < -0.3 is 4.74 Å². The Kier molecular flexibility index (Phi) is 9.96. The minimum atomic E-state index is -0.150. The van der Waals surface area contributed by atoms with Crippen LogP contribution in [0.1, 0.15) is 77.2 Å². The van der Waals surface area contributed by atoms with Gasteiger partial charge in [-0.05, 0) is 54.7 Å². The summed E-state index contributed by atoms with van der Waals surface area (Å²) in [4.78, 5) is 17.7. The third kappa shape index (κ3) is 7.59.